The SMILES string of the molecule is CC[C@H](C)NC(=O)[C@H](C)N(Cc1ccccc1)C(=O)COc1cc(OC)cc(OC)c1. The number of nitrogens with zero attached hydrogens (tertiary/aromatic N) is 1. The fourth-order valence-electron chi connectivity index (χ4n) is 2.92. The summed E-state index contributed by atoms with van der Waals surface area (Å²) < 4.78 is 16.2. The van der Waals surface area contributed by atoms with Crippen molar-refractivity contribution in [2.75, 3.05) is 20.8 Å². The summed E-state index contributed by atoms with van der Waals surface area (Å²) in [5.41, 5.74) is 0.932. The zero-order valence-corrected chi connectivity index (χ0v) is 18.9. The lowest BCUT2D eigenvalue weighted by Crippen LogP contribution is -2.50. The Morgan fingerprint density at radius 1 is 0.968 bits per heavy atom. The summed E-state index contributed by atoms with van der Waals surface area (Å²) in [6, 6.07) is 14.0. The van der Waals surface area contributed by atoms with Crippen molar-refractivity contribution in [3.8, 4) is 17.2 Å². The second kappa shape index (κ2) is 11.8. The molecule has 0 unspecified atom stereocenters. The fourth-order valence-corrected chi connectivity index (χ4v) is 2.92. The van der Waals surface area contributed by atoms with E-state index in [1.807, 2.05) is 44.2 Å². The lowest BCUT2D eigenvalue weighted by atomic mass is 10.1. The van der Waals surface area contributed by atoms with Crippen LogP contribution in [-0.4, -0.2) is 49.6 Å². The molecule has 2 amide bonds. The highest BCUT2D eigenvalue weighted by Gasteiger charge is 2.27. The van der Waals surface area contributed by atoms with Gasteiger partial charge in [-0.15, -0.1) is 0 Å². The highest BCUT2D eigenvalue weighted by Crippen LogP contribution is 2.27. The van der Waals surface area contributed by atoms with Crippen molar-refractivity contribution in [1.29, 1.82) is 0 Å². The third-order valence-electron chi connectivity index (χ3n) is 5.05. The number of rotatable bonds is 11. The van der Waals surface area contributed by atoms with Crippen LogP contribution in [0.2, 0.25) is 0 Å². The molecule has 2 aromatic rings. The van der Waals surface area contributed by atoms with Crippen LogP contribution in [0.1, 0.15) is 32.8 Å². The predicted octanol–water partition coefficient (Wildman–Crippen LogP) is 3.41. The molecule has 0 aliphatic heterocycles. The number of carbonyl (C=O) groups excluding carboxylic acids is 2. The normalized spacial score (nSPS) is 12.4. The number of carbonyl (C=O) groups is 2. The first-order valence-electron chi connectivity index (χ1n) is 10.4. The zero-order valence-electron chi connectivity index (χ0n) is 18.9. The number of benzene rings is 2. The molecule has 7 heteroatoms. The number of methoxy groups -OCH3 is 2. The topological polar surface area (TPSA) is 77.1 Å². The van der Waals surface area contributed by atoms with E-state index in [0.717, 1.165) is 12.0 Å². The molecule has 168 valence electrons. The van der Waals surface area contributed by atoms with Crippen LogP contribution in [0.25, 0.3) is 0 Å². The fraction of sp³-hybridized carbons (Fsp3) is 0.417. The van der Waals surface area contributed by atoms with Crippen LogP contribution in [-0.2, 0) is 16.1 Å². The van der Waals surface area contributed by atoms with Crippen LogP contribution >= 0.6 is 0 Å². The second-order valence-electron chi connectivity index (χ2n) is 7.34. The molecule has 0 bridgehead atoms. The van der Waals surface area contributed by atoms with Gasteiger partial charge in [0.2, 0.25) is 5.91 Å². The van der Waals surface area contributed by atoms with Crippen molar-refractivity contribution >= 4 is 11.8 Å². The first-order valence-corrected chi connectivity index (χ1v) is 10.4. The summed E-state index contributed by atoms with van der Waals surface area (Å²) in [4.78, 5) is 27.3. The highest BCUT2D eigenvalue weighted by atomic mass is 16.5. The van der Waals surface area contributed by atoms with Gasteiger partial charge in [0.25, 0.3) is 5.91 Å². The first kappa shape index (κ1) is 24.1. The molecular weight excluding hydrogens is 396 g/mol. The van der Waals surface area contributed by atoms with E-state index >= 15 is 0 Å². The summed E-state index contributed by atoms with van der Waals surface area (Å²) in [7, 11) is 3.09. The average Bonchev–Trinajstić information content (AvgIpc) is 2.80. The molecule has 1 N–H and O–H groups in total. The van der Waals surface area contributed by atoms with Gasteiger partial charge < -0.3 is 24.4 Å². The number of amides is 2. The van der Waals surface area contributed by atoms with E-state index in [0.29, 0.717) is 23.8 Å². The van der Waals surface area contributed by atoms with Crippen LogP contribution in [0.3, 0.4) is 0 Å². The van der Waals surface area contributed by atoms with Gasteiger partial charge in [0.15, 0.2) is 6.61 Å². The predicted molar refractivity (Wildman–Crippen MR) is 119 cm³/mol. The zero-order chi connectivity index (χ0) is 22.8. The quantitative estimate of drug-likeness (QED) is 0.594. The van der Waals surface area contributed by atoms with Gasteiger partial charge in [-0.25, -0.2) is 0 Å². The summed E-state index contributed by atoms with van der Waals surface area (Å²) >= 11 is 0. The smallest absolute Gasteiger partial charge is 0.261 e. The molecule has 0 saturated carbocycles. The summed E-state index contributed by atoms with van der Waals surface area (Å²) in [5.74, 6) is 1.08. The third kappa shape index (κ3) is 7.20. The van der Waals surface area contributed by atoms with Gasteiger partial charge in [-0.2, -0.15) is 0 Å². The maximum atomic E-state index is 13.1. The number of hydrogen-bond donors (Lipinski definition) is 1. The van der Waals surface area contributed by atoms with Gasteiger partial charge in [0.1, 0.15) is 23.3 Å². The van der Waals surface area contributed by atoms with E-state index in [2.05, 4.69) is 5.32 Å². The van der Waals surface area contributed by atoms with E-state index in [9.17, 15) is 9.59 Å². The van der Waals surface area contributed by atoms with Gasteiger partial charge in [-0.05, 0) is 25.8 Å². The molecule has 7 nitrogen and oxygen atoms in total. The van der Waals surface area contributed by atoms with E-state index in [4.69, 9.17) is 14.2 Å². The molecular formula is C24H32N2O5. The van der Waals surface area contributed by atoms with Crippen molar-refractivity contribution in [2.24, 2.45) is 0 Å². The minimum absolute atomic E-state index is 0.0316. The summed E-state index contributed by atoms with van der Waals surface area (Å²) in [6.07, 6.45) is 0.811. The molecule has 2 rings (SSSR count). The van der Waals surface area contributed by atoms with Crippen LogP contribution < -0.4 is 19.5 Å². The first-order chi connectivity index (χ1) is 14.9. The molecule has 0 spiro atoms. The van der Waals surface area contributed by atoms with Gasteiger partial charge in [-0.3, -0.25) is 9.59 Å². The van der Waals surface area contributed by atoms with Crippen LogP contribution in [0.4, 0.5) is 0 Å². The maximum absolute atomic E-state index is 13.1. The molecule has 0 aliphatic rings. The van der Waals surface area contributed by atoms with E-state index in [1.165, 1.54) is 4.90 Å². The Hall–Kier alpha value is -3.22. The van der Waals surface area contributed by atoms with E-state index in [-0.39, 0.29) is 24.5 Å². The lowest BCUT2D eigenvalue weighted by molar-refractivity contribution is -0.142. The molecule has 2 atom stereocenters. The Bertz CT molecular complexity index is 834. The Morgan fingerprint density at radius 2 is 1.55 bits per heavy atom. The lowest BCUT2D eigenvalue weighted by Gasteiger charge is -2.29. The standard InChI is InChI=1S/C24H32N2O5/c1-6-17(2)25-24(28)18(3)26(15-19-10-8-7-9-11-19)23(27)16-31-22-13-20(29-4)12-21(14-22)30-5/h7-14,17-18H,6,15-16H2,1-5H3,(H,25,28)/t17-,18-/m0/s1. The number of hydrogen-bond acceptors (Lipinski definition) is 5. The monoisotopic (exact) mass is 428 g/mol. The minimum Gasteiger partial charge on any atom is -0.496 e. The summed E-state index contributed by atoms with van der Waals surface area (Å²) in [6.45, 7) is 5.75. The van der Waals surface area contributed by atoms with Crippen molar-refractivity contribution < 1.29 is 23.8 Å². The van der Waals surface area contributed by atoms with Gasteiger partial charge in [0, 0.05) is 30.8 Å². The van der Waals surface area contributed by atoms with Crippen LogP contribution in [0, 0.1) is 0 Å². The summed E-state index contributed by atoms with van der Waals surface area (Å²) in [5, 5.41) is 2.95. The van der Waals surface area contributed by atoms with Crippen LogP contribution in [0.5, 0.6) is 17.2 Å². The highest BCUT2D eigenvalue weighted by molar-refractivity contribution is 5.88. The molecule has 0 fully saturated rings. The Balaban J connectivity index is 2.16. The molecule has 0 saturated heterocycles. The molecule has 0 aromatic heterocycles. The van der Waals surface area contributed by atoms with Crippen LogP contribution in [0.15, 0.2) is 48.5 Å². The maximum Gasteiger partial charge on any atom is 0.261 e. The van der Waals surface area contributed by atoms with Gasteiger partial charge in [0.05, 0.1) is 14.2 Å². The van der Waals surface area contributed by atoms with E-state index < -0.39 is 6.04 Å². The molecule has 0 aliphatic carbocycles. The number of ether oxygens (including phenoxy) is 3. The van der Waals surface area contributed by atoms with Crippen molar-refractivity contribution in [3.05, 3.63) is 54.1 Å². The van der Waals surface area contributed by atoms with Crippen molar-refractivity contribution in [1.82, 2.24) is 10.2 Å². The van der Waals surface area contributed by atoms with Gasteiger partial charge in [-0.1, -0.05) is 37.3 Å². The molecule has 0 radical (unpaired) electrons. The Kier molecular flexibility index (Phi) is 9.18. The van der Waals surface area contributed by atoms with E-state index in [1.54, 1.807) is 39.3 Å². The average molecular weight is 429 g/mol. The minimum atomic E-state index is -0.648. The van der Waals surface area contributed by atoms with Gasteiger partial charge >= 0.3 is 0 Å². The second-order valence-corrected chi connectivity index (χ2v) is 7.34. The van der Waals surface area contributed by atoms with Crippen molar-refractivity contribution in [2.45, 2.75) is 45.8 Å². The molecule has 2 aromatic carbocycles. The third-order valence-corrected chi connectivity index (χ3v) is 5.05. The largest absolute Gasteiger partial charge is 0.496 e. The van der Waals surface area contributed by atoms with Crippen molar-refractivity contribution in [3.63, 3.8) is 0 Å². The molecule has 31 heavy (non-hydrogen) atoms. The Labute approximate surface area is 184 Å². The Morgan fingerprint density at radius 3 is 2.10 bits per heavy atom. The number of nitrogens with one attached hydrogen (secondary N) is 1. The molecule has 0 heterocycles.